The molecular weight excluding hydrogens is 555 g/mol. The zero-order valence-corrected chi connectivity index (χ0v) is 23.9. The van der Waals surface area contributed by atoms with Crippen LogP contribution in [0.1, 0.15) is 33.1 Å². The Morgan fingerprint density at radius 3 is 2.09 bits per heavy atom. The maximum absolute atomic E-state index is 13.3. The molecule has 1 atom stereocenters. The summed E-state index contributed by atoms with van der Waals surface area (Å²) in [5.41, 5.74) is 4.06. The van der Waals surface area contributed by atoms with E-state index in [1.54, 1.807) is 12.1 Å². The number of rotatable bonds is 7. The molecular formula is C34H32F3N3O3. The average molecular weight is 588 g/mol. The largest absolute Gasteiger partial charge is 0.468 e. The summed E-state index contributed by atoms with van der Waals surface area (Å²) in [5, 5.41) is 2.92. The lowest BCUT2D eigenvalue weighted by atomic mass is 9.96. The third-order valence-electron chi connectivity index (χ3n) is 7.65. The Balaban J connectivity index is 1.25. The molecule has 43 heavy (non-hydrogen) atoms. The van der Waals surface area contributed by atoms with Crippen LogP contribution in [0, 0.1) is 6.92 Å². The van der Waals surface area contributed by atoms with Crippen molar-refractivity contribution in [2.75, 3.05) is 43.5 Å². The lowest BCUT2D eigenvalue weighted by Gasteiger charge is -2.39. The molecule has 4 aromatic carbocycles. The number of anilines is 2. The molecule has 0 radical (unpaired) electrons. The van der Waals surface area contributed by atoms with Gasteiger partial charge in [-0.2, -0.15) is 13.2 Å². The minimum Gasteiger partial charge on any atom is -0.468 e. The number of halogens is 3. The van der Waals surface area contributed by atoms with E-state index in [0.29, 0.717) is 48.6 Å². The Morgan fingerprint density at radius 2 is 1.49 bits per heavy atom. The smallest absolute Gasteiger partial charge is 0.416 e. The number of nitrogens with one attached hydrogen (secondary N) is 1. The molecule has 5 rings (SSSR count). The minimum atomic E-state index is -4.43. The van der Waals surface area contributed by atoms with E-state index in [-0.39, 0.29) is 11.9 Å². The third kappa shape index (κ3) is 6.89. The standard InChI is InChI=1S/C34H32F3N3O3/c1-23-8-17-29(24-9-11-26(12-10-24)34(35,36)37)30(22-23)32(41)38-27-13-15-28(16-14-27)39-18-20-40(21-19-39)31(33(42)43-2)25-6-4-3-5-7-25/h3-17,22,31H,18-21H2,1-2H3,(H,38,41). The highest BCUT2D eigenvalue weighted by Crippen LogP contribution is 2.33. The molecule has 1 aliphatic rings. The normalized spacial score (nSPS) is 14.7. The SMILES string of the molecule is COC(=O)C(c1ccccc1)N1CCN(c2ccc(NC(=O)c3cc(C)ccc3-c3ccc(C(F)(F)F)cc3)cc2)CC1. The average Bonchev–Trinajstić information content (AvgIpc) is 3.02. The molecule has 1 unspecified atom stereocenters. The summed E-state index contributed by atoms with van der Waals surface area (Å²) >= 11 is 0. The van der Waals surface area contributed by atoms with Gasteiger partial charge < -0.3 is 15.0 Å². The highest BCUT2D eigenvalue weighted by Gasteiger charge is 2.32. The van der Waals surface area contributed by atoms with Gasteiger partial charge >= 0.3 is 12.1 Å². The maximum Gasteiger partial charge on any atom is 0.416 e. The first-order valence-corrected chi connectivity index (χ1v) is 14.0. The zero-order chi connectivity index (χ0) is 30.6. The van der Waals surface area contributed by atoms with Crippen molar-refractivity contribution in [3.05, 3.63) is 119 Å². The molecule has 222 valence electrons. The summed E-state index contributed by atoms with van der Waals surface area (Å²) in [6.45, 7) is 4.63. The molecule has 0 aliphatic carbocycles. The fraction of sp³-hybridized carbons (Fsp3) is 0.235. The summed E-state index contributed by atoms with van der Waals surface area (Å²) in [7, 11) is 1.41. The number of carbonyl (C=O) groups excluding carboxylic acids is 2. The van der Waals surface area contributed by atoms with Gasteiger partial charge in [-0.1, -0.05) is 60.2 Å². The van der Waals surface area contributed by atoms with Gasteiger partial charge in [0.25, 0.3) is 5.91 Å². The number of carbonyl (C=O) groups is 2. The summed E-state index contributed by atoms with van der Waals surface area (Å²) in [6, 6.07) is 26.8. The molecule has 0 aromatic heterocycles. The molecule has 6 nitrogen and oxygen atoms in total. The van der Waals surface area contributed by atoms with E-state index >= 15 is 0 Å². The van der Waals surface area contributed by atoms with Crippen molar-refractivity contribution >= 4 is 23.3 Å². The third-order valence-corrected chi connectivity index (χ3v) is 7.65. The number of benzene rings is 4. The first kappa shape index (κ1) is 29.8. The van der Waals surface area contributed by atoms with Gasteiger partial charge in [-0.25, -0.2) is 4.79 Å². The van der Waals surface area contributed by atoms with E-state index in [2.05, 4.69) is 15.1 Å². The van der Waals surface area contributed by atoms with E-state index in [1.165, 1.54) is 19.2 Å². The van der Waals surface area contributed by atoms with Crippen molar-refractivity contribution in [3.8, 4) is 11.1 Å². The second kappa shape index (κ2) is 12.7. The van der Waals surface area contributed by atoms with Crippen LogP contribution in [0.3, 0.4) is 0 Å². The van der Waals surface area contributed by atoms with Crippen molar-refractivity contribution in [3.63, 3.8) is 0 Å². The van der Waals surface area contributed by atoms with E-state index in [4.69, 9.17) is 4.74 Å². The number of methoxy groups -OCH3 is 1. The highest BCUT2D eigenvalue weighted by molar-refractivity contribution is 6.09. The van der Waals surface area contributed by atoms with Crippen LogP contribution < -0.4 is 10.2 Å². The second-order valence-corrected chi connectivity index (χ2v) is 10.5. The van der Waals surface area contributed by atoms with E-state index in [1.807, 2.05) is 67.6 Å². The fourth-order valence-electron chi connectivity index (χ4n) is 5.37. The van der Waals surface area contributed by atoms with Gasteiger partial charge in [0.15, 0.2) is 0 Å². The quantitative estimate of drug-likeness (QED) is 0.237. The summed E-state index contributed by atoms with van der Waals surface area (Å²) in [6.07, 6.45) is -4.43. The molecule has 0 bridgehead atoms. The van der Waals surface area contributed by atoms with Crippen molar-refractivity contribution in [2.24, 2.45) is 0 Å². The van der Waals surface area contributed by atoms with Crippen LogP contribution in [0.5, 0.6) is 0 Å². The van der Waals surface area contributed by atoms with Gasteiger partial charge in [0.1, 0.15) is 6.04 Å². The van der Waals surface area contributed by atoms with Crippen molar-refractivity contribution in [1.82, 2.24) is 4.90 Å². The van der Waals surface area contributed by atoms with Gasteiger partial charge in [-0.15, -0.1) is 0 Å². The van der Waals surface area contributed by atoms with Gasteiger partial charge in [0, 0.05) is 43.1 Å². The molecule has 1 heterocycles. The lowest BCUT2D eigenvalue weighted by molar-refractivity contribution is -0.147. The first-order valence-electron chi connectivity index (χ1n) is 14.0. The van der Waals surface area contributed by atoms with Gasteiger partial charge in [0.05, 0.1) is 12.7 Å². The van der Waals surface area contributed by atoms with Gasteiger partial charge in [0.2, 0.25) is 0 Å². The van der Waals surface area contributed by atoms with Crippen molar-refractivity contribution in [2.45, 2.75) is 19.1 Å². The number of hydrogen-bond donors (Lipinski definition) is 1. The molecule has 1 aliphatic heterocycles. The molecule has 1 fully saturated rings. The van der Waals surface area contributed by atoms with E-state index in [0.717, 1.165) is 28.9 Å². The topological polar surface area (TPSA) is 61.9 Å². The minimum absolute atomic E-state index is 0.283. The summed E-state index contributed by atoms with van der Waals surface area (Å²) < 4.78 is 44.2. The Hall–Kier alpha value is -4.63. The number of esters is 1. The molecule has 1 amide bonds. The summed E-state index contributed by atoms with van der Waals surface area (Å²) in [5.74, 6) is -0.635. The van der Waals surface area contributed by atoms with Crippen LogP contribution in [-0.2, 0) is 15.7 Å². The number of ether oxygens (including phenoxy) is 1. The van der Waals surface area contributed by atoms with Gasteiger partial charge in [-0.05, 0) is 66.1 Å². The molecule has 0 saturated carbocycles. The summed E-state index contributed by atoms with van der Waals surface area (Å²) in [4.78, 5) is 30.3. The highest BCUT2D eigenvalue weighted by atomic mass is 19.4. The van der Waals surface area contributed by atoms with Crippen LogP contribution in [0.2, 0.25) is 0 Å². The van der Waals surface area contributed by atoms with Crippen molar-refractivity contribution in [1.29, 1.82) is 0 Å². The Morgan fingerprint density at radius 1 is 0.837 bits per heavy atom. The number of aryl methyl sites for hydroxylation is 1. The molecule has 1 saturated heterocycles. The van der Waals surface area contributed by atoms with Crippen LogP contribution in [-0.4, -0.2) is 50.1 Å². The zero-order valence-electron chi connectivity index (χ0n) is 23.9. The van der Waals surface area contributed by atoms with Gasteiger partial charge in [-0.3, -0.25) is 9.69 Å². The van der Waals surface area contributed by atoms with Crippen LogP contribution >= 0.6 is 0 Å². The molecule has 9 heteroatoms. The van der Waals surface area contributed by atoms with Crippen LogP contribution in [0.4, 0.5) is 24.5 Å². The van der Waals surface area contributed by atoms with Crippen LogP contribution in [0.25, 0.3) is 11.1 Å². The number of nitrogens with zero attached hydrogens (tertiary/aromatic N) is 2. The predicted octanol–water partition coefficient (Wildman–Crippen LogP) is 6.97. The monoisotopic (exact) mass is 587 g/mol. The Bertz CT molecular complexity index is 1570. The predicted molar refractivity (Wildman–Crippen MR) is 161 cm³/mol. The van der Waals surface area contributed by atoms with Crippen LogP contribution in [0.15, 0.2) is 97.1 Å². The fourth-order valence-corrected chi connectivity index (χ4v) is 5.37. The first-order chi connectivity index (χ1) is 20.6. The lowest BCUT2D eigenvalue weighted by Crippen LogP contribution is -2.49. The van der Waals surface area contributed by atoms with E-state index in [9.17, 15) is 22.8 Å². The number of piperazine rings is 1. The molecule has 1 N–H and O–H groups in total. The van der Waals surface area contributed by atoms with Crippen molar-refractivity contribution < 1.29 is 27.5 Å². The van der Waals surface area contributed by atoms with E-state index < -0.39 is 17.8 Å². The number of hydrogen-bond acceptors (Lipinski definition) is 5. The number of amides is 1. The molecule has 0 spiro atoms. The maximum atomic E-state index is 13.3. The second-order valence-electron chi connectivity index (χ2n) is 10.5. The number of alkyl halides is 3. The molecule has 4 aromatic rings. The Labute approximate surface area is 248 Å². The Kier molecular flexibility index (Phi) is 8.82.